The van der Waals surface area contributed by atoms with E-state index >= 15 is 0 Å². The molecule has 1 aliphatic rings. The van der Waals surface area contributed by atoms with Gasteiger partial charge in [0.1, 0.15) is 11.7 Å². The lowest BCUT2D eigenvalue weighted by Gasteiger charge is -2.39. The van der Waals surface area contributed by atoms with Crippen LogP contribution in [-0.2, 0) is 4.79 Å². The highest BCUT2D eigenvalue weighted by Crippen LogP contribution is 2.34. The molecule has 0 amide bonds. The highest BCUT2D eigenvalue weighted by Gasteiger charge is 2.37. The monoisotopic (exact) mass is 300 g/mol. The Morgan fingerprint density at radius 1 is 1.43 bits per heavy atom. The number of carboxylic acid groups (broad SMARTS) is 1. The van der Waals surface area contributed by atoms with Crippen LogP contribution in [0.15, 0.2) is 12.1 Å². The Labute approximate surface area is 119 Å². The van der Waals surface area contributed by atoms with Crippen LogP contribution in [-0.4, -0.2) is 28.6 Å². The molecule has 2 rings (SSSR count). The molecular formula is C13H14F2N2O4. The molecule has 0 spiro atoms. The lowest BCUT2D eigenvalue weighted by atomic mass is 9.90. The van der Waals surface area contributed by atoms with Crippen molar-refractivity contribution >= 4 is 17.3 Å². The van der Waals surface area contributed by atoms with Crippen molar-refractivity contribution in [1.29, 1.82) is 0 Å². The molecule has 1 saturated heterocycles. The number of carboxylic acids is 1. The van der Waals surface area contributed by atoms with Gasteiger partial charge >= 0.3 is 5.97 Å². The fourth-order valence-corrected chi connectivity index (χ4v) is 2.75. The maximum absolute atomic E-state index is 14.0. The maximum atomic E-state index is 14.0. The van der Waals surface area contributed by atoms with Crippen LogP contribution in [0.2, 0.25) is 0 Å². The van der Waals surface area contributed by atoms with E-state index in [1.807, 2.05) is 0 Å². The van der Waals surface area contributed by atoms with Crippen molar-refractivity contribution in [2.75, 3.05) is 11.4 Å². The van der Waals surface area contributed by atoms with Gasteiger partial charge in [0, 0.05) is 6.54 Å². The van der Waals surface area contributed by atoms with Gasteiger partial charge in [-0.2, -0.15) is 0 Å². The molecule has 0 radical (unpaired) electrons. The molecule has 1 aliphatic heterocycles. The summed E-state index contributed by atoms with van der Waals surface area (Å²) in [7, 11) is 0. The van der Waals surface area contributed by atoms with Crippen molar-refractivity contribution in [2.45, 2.75) is 25.8 Å². The molecule has 8 heteroatoms. The number of carbonyl (C=O) groups is 1. The van der Waals surface area contributed by atoms with Crippen LogP contribution >= 0.6 is 0 Å². The third-order valence-electron chi connectivity index (χ3n) is 3.69. The van der Waals surface area contributed by atoms with E-state index in [-0.39, 0.29) is 12.5 Å². The molecule has 0 bridgehead atoms. The molecule has 0 saturated carbocycles. The maximum Gasteiger partial charge on any atom is 0.326 e. The van der Waals surface area contributed by atoms with Crippen LogP contribution in [0.5, 0.6) is 0 Å². The average Bonchev–Trinajstić information content (AvgIpc) is 2.37. The SMILES string of the molecule is CC1CCCN(c2c(F)cc([N+](=O)[O-])cc2F)C1C(=O)O. The summed E-state index contributed by atoms with van der Waals surface area (Å²) in [6.07, 6.45) is 1.24. The summed E-state index contributed by atoms with van der Waals surface area (Å²) < 4.78 is 28.1. The molecule has 1 aromatic carbocycles. The predicted molar refractivity (Wildman–Crippen MR) is 70.2 cm³/mol. The quantitative estimate of drug-likeness (QED) is 0.685. The molecule has 1 heterocycles. The minimum Gasteiger partial charge on any atom is -0.480 e. The van der Waals surface area contributed by atoms with Gasteiger partial charge in [0.25, 0.3) is 5.69 Å². The second-order valence-electron chi connectivity index (χ2n) is 5.11. The number of nitro groups is 1. The number of piperidine rings is 1. The van der Waals surface area contributed by atoms with Gasteiger partial charge in [0.2, 0.25) is 0 Å². The topological polar surface area (TPSA) is 83.7 Å². The summed E-state index contributed by atoms with van der Waals surface area (Å²) in [5, 5.41) is 19.9. The summed E-state index contributed by atoms with van der Waals surface area (Å²) in [5.74, 6) is -3.69. The number of benzene rings is 1. The summed E-state index contributed by atoms with van der Waals surface area (Å²) >= 11 is 0. The lowest BCUT2D eigenvalue weighted by molar-refractivity contribution is -0.385. The molecule has 6 nitrogen and oxygen atoms in total. The number of hydrogen-bond donors (Lipinski definition) is 1. The van der Waals surface area contributed by atoms with Gasteiger partial charge in [-0.05, 0) is 18.8 Å². The Hall–Kier alpha value is -2.25. The molecule has 114 valence electrons. The third-order valence-corrected chi connectivity index (χ3v) is 3.69. The van der Waals surface area contributed by atoms with Crippen LogP contribution in [0.3, 0.4) is 0 Å². The van der Waals surface area contributed by atoms with E-state index in [0.717, 1.165) is 4.90 Å². The summed E-state index contributed by atoms with van der Waals surface area (Å²) in [6.45, 7) is 1.89. The molecular weight excluding hydrogens is 286 g/mol. The molecule has 1 fully saturated rings. The van der Waals surface area contributed by atoms with Gasteiger partial charge in [-0.1, -0.05) is 6.92 Å². The molecule has 2 atom stereocenters. The Balaban J connectivity index is 2.49. The van der Waals surface area contributed by atoms with Gasteiger partial charge in [-0.15, -0.1) is 0 Å². The number of aliphatic carboxylic acids is 1. The predicted octanol–water partition coefficient (Wildman–Crippen LogP) is 2.56. The number of nitrogens with zero attached hydrogens (tertiary/aromatic N) is 2. The number of anilines is 1. The first-order chi connectivity index (χ1) is 9.82. The average molecular weight is 300 g/mol. The zero-order chi connectivity index (χ0) is 15.7. The van der Waals surface area contributed by atoms with Crippen LogP contribution < -0.4 is 4.90 Å². The second kappa shape index (κ2) is 5.63. The molecule has 0 aliphatic carbocycles. The van der Waals surface area contributed by atoms with Crippen molar-refractivity contribution in [2.24, 2.45) is 5.92 Å². The van der Waals surface area contributed by atoms with Gasteiger partial charge in [-0.3, -0.25) is 10.1 Å². The van der Waals surface area contributed by atoms with E-state index in [0.29, 0.717) is 25.0 Å². The number of halogens is 2. The van der Waals surface area contributed by atoms with Gasteiger partial charge in [-0.25, -0.2) is 13.6 Å². The first-order valence-corrected chi connectivity index (χ1v) is 6.45. The number of non-ortho nitro benzene ring substituents is 1. The zero-order valence-corrected chi connectivity index (χ0v) is 11.3. The van der Waals surface area contributed by atoms with Gasteiger partial charge < -0.3 is 10.0 Å². The minimum absolute atomic E-state index is 0.187. The fourth-order valence-electron chi connectivity index (χ4n) is 2.75. The Morgan fingerprint density at radius 3 is 2.48 bits per heavy atom. The Morgan fingerprint density at radius 2 is 2.00 bits per heavy atom. The second-order valence-corrected chi connectivity index (χ2v) is 5.11. The van der Waals surface area contributed by atoms with Crippen molar-refractivity contribution in [1.82, 2.24) is 0 Å². The van der Waals surface area contributed by atoms with Crippen molar-refractivity contribution in [3.05, 3.63) is 33.9 Å². The van der Waals surface area contributed by atoms with Crippen molar-refractivity contribution in [3.8, 4) is 0 Å². The number of rotatable bonds is 3. The van der Waals surface area contributed by atoms with E-state index < -0.39 is 39.9 Å². The fraction of sp³-hybridized carbons (Fsp3) is 0.462. The van der Waals surface area contributed by atoms with E-state index in [1.165, 1.54) is 0 Å². The smallest absolute Gasteiger partial charge is 0.326 e. The summed E-state index contributed by atoms with van der Waals surface area (Å²) in [4.78, 5) is 22.2. The summed E-state index contributed by atoms with van der Waals surface area (Å²) in [6, 6.07) is 0.164. The van der Waals surface area contributed by atoms with E-state index in [1.54, 1.807) is 6.92 Å². The third kappa shape index (κ3) is 2.79. The number of nitro benzene ring substituents is 1. The zero-order valence-electron chi connectivity index (χ0n) is 11.3. The van der Waals surface area contributed by atoms with E-state index in [2.05, 4.69) is 0 Å². The molecule has 1 N–H and O–H groups in total. The first-order valence-electron chi connectivity index (χ1n) is 6.45. The Kier molecular flexibility index (Phi) is 4.06. The first kappa shape index (κ1) is 15.1. The Bertz CT molecular complexity index is 571. The van der Waals surface area contributed by atoms with Gasteiger partial charge in [0.05, 0.1) is 17.1 Å². The summed E-state index contributed by atoms with van der Waals surface area (Å²) in [5.41, 5.74) is -1.22. The van der Waals surface area contributed by atoms with E-state index in [4.69, 9.17) is 0 Å². The highest BCUT2D eigenvalue weighted by atomic mass is 19.1. The lowest BCUT2D eigenvalue weighted by Crippen LogP contribution is -2.50. The van der Waals surface area contributed by atoms with Crippen molar-refractivity contribution in [3.63, 3.8) is 0 Å². The molecule has 1 aromatic rings. The highest BCUT2D eigenvalue weighted by molar-refractivity contribution is 5.79. The van der Waals surface area contributed by atoms with Crippen LogP contribution in [0.1, 0.15) is 19.8 Å². The number of hydrogen-bond acceptors (Lipinski definition) is 4. The van der Waals surface area contributed by atoms with Crippen LogP contribution in [0.4, 0.5) is 20.2 Å². The normalized spacial score (nSPS) is 22.1. The van der Waals surface area contributed by atoms with Gasteiger partial charge in [0.15, 0.2) is 11.6 Å². The minimum atomic E-state index is -1.17. The molecule has 21 heavy (non-hydrogen) atoms. The molecule has 2 unspecified atom stereocenters. The largest absolute Gasteiger partial charge is 0.480 e. The molecule has 0 aromatic heterocycles. The van der Waals surface area contributed by atoms with Crippen molar-refractivity contribution < 1.29 is 23.6 Å². The van der Waals surface area contributed by atoms with E-state index in [9.17, 15) is 28.8 Å². The van der Waals surface area contributed by atoms with Crippen LogP contribution in [0.25, 0.3) is 0 Å². The van der Waals surface area contributed by atoms with Crippen LogP contribution in [0, 0.1) is 27.7 Å². The standard InChI is InChI=1S/C13H14F2N2O4/c1-7-3-2-4-16(11(7)13(18)19)12-9(14)5-8(17(20)21)6-10(12)15/h5-7,11H,2-4H2,1H3,(H,18,19).